The van der Waals surface area contributed by atoms with Gasteiger partial charge in [-0.2, -0.15) is 4.98 Å². The van der Waals surface area contributed by atoms with Crippen LogP contribution in [0.5, 0.6) is 5.88 Å². The smallest absolute Gasteiger partial charge is 0.223 e. The first-order chi connectivity index (χ1) is 13.2. The average Bonchev–Trinajstić information content (AvgIpc) is 2.99. The van der Waals surface area contributed by atoms with Gasteiger partial charge < -0.3 is 15.0 Å². The maximum absolute atomic E-state index is 6.74. The first-order valence-electron chi connectivity index (χ1n) is 9.89. The molecule has 27 heavy (non-hydrogen) atoms. The van der Waals surface area contributed by atoms with Crippen LogP contribution in [0.1, 0.15) is 42.4 Å². The van der Waals surface area contributed by atoms with Gasteiger partial charge in [0, 0.05) is 26.2 Å². The number of nitrogens with zero attached hydrogens (tertiary/aromatic N) is 3. The second-order valence-electron chi connectivity index (χ2n) is 7.84. The van der Waals surface area contributed by atoms with E-state index in [4.69, 9.17) is 14.7 Å². The highest BCUT2D eigenvalue weighted by atomic mass is 32.2. The molecule has 2 aliphatic heterocycles. The predicted molar refractivity (Wildman–Crippen MR) is 109 cm³/mol. The Bertz CT molecular complexity index is 867. The van der Waals surface area contributed by atoms with E-state index in [9.17, 15) is 0 Å². The zero-order valence-electron chi connectivity index (χ0n) is 16.0. The SMILES string of the molecule is CSc1nc2c(c(N3CCNCC3)n1)CCC1(CC(C)c3ccccc31)O2. The minimum absolute atomic E-state index is 0.228. The molecule has 0 bridgehead atoms. The van der Waals surface area contributed by atoms with Gasteiger partial charge in [-0.1, -0.05) is 43.0 Å². The molecule has 2 unspecified atom stereocenters. The first-order valence-corrected chi connectivity index (χ1v) is 11.1. The van der Waals surface area contributed by atoms with Crippen molar-refractivity contribution in [3.8, 4) is 5.88 Å². The van der Waals surface area contributed by atoms with Crippen molar-refractivity contribution in [3.63, 3.8) is 0 Å². The molecule has 2 aromatic rings. The molecule has 1 spiro atoms. The van der Waals surface area contributed by atoms with Gasteiger partial charge in [-0.05, 0) is 42.6 Å². The molecule has 0 radical (unpaired) electrons. The zero-order chi connectivity index (χ0) is 18.4. The Hall–Kier alpha value is -1.79. The highest BCUT2D eigenvalue weighted by molar-refractivity contribution is 7.98. The monoisotopic (exact) mass is 382 g/mol. The third kappa shape index (κ3) is 2.81. The first kappa shape index (κ1) is 17.3. The van der Waals surface area contributed by atoms with Crippen molar-refractivity contribution >= 4 is 17.6 Å². The summed E-state index contributed by atoms with van der Waals surface area (Å²) >= 11 is 1.59. The fraction of sp³-hybridized carbons (Fsp3) is 0.524. The van der Waals surface area contributed by atoms with E-state index >= 15 is 0 Å². The molecule has 1 aromatic carbocycles. The number of rotatable bonds is 2. The van der Waals surface area contributed by atoms with Gasteiger partial charge in [0.1, 0.15) is 11.4 Å². The third-order valence-corrected chi connectivity index (χ3v) is 6.76. The Morgan fingerprint density at radius 3 is 2.85 bits per heavy atom. The summed E-state index contributed by atoms with van der Waals surface area (Å²) in [4.78, 5) is 12.1. The number of thioether (sulfide) groups is 1. The Morgan fingerprint density at radius 2 is 2.04 bits per heavy atom. The van der Waals surface area contributed by atoms with Crippen LogP contribution in [0.3, 0.4) is 0 Å². The Morgan fingerprint density at radius 1 is 1.22 bits per heavy atom. The summed E-state index contributed by atoms with van der Waals surface area (Å²) in [7, 11) is 0. The Labute approximate surface area is 164 Å². The highest BCUT2D eigenvalue weighted by Crippen LogP contribution is 2.52. The molecule has 5 rings (SSSR count). The van der Waals surface area contributed by atoms with Crippen molar-refractivity contribution in [1.82, 2.24) is 15.3 Å². The number of benzene rings is 1. The number of aromatic nitrogens is 2. The van der Waals surface area contributed by atoms with Gasteiger partial charge in [-0.15, -0.1) is 0 Å². The molecule has 3 aliphatic rings. The average molecular weight is 383 g/mol. The van der Waals surface area contributed by atoms with Gasteiger partial charge >= 0.3 is 0 Å². The molecule has 3 heterocycles. The summed E-state index contributed by atoms with van der Waals surface area (Å²) in [6, 6.07) is 8.78. The van der Waals surface area contributed by atoms with Gasteiger partial charge in [0.15, 0.2) is 5.16 Å². The molecule has 1 aromatic heterocycles. The normalized spacial score (nSPS) is 26.6. The Balaban J connectivity index is 1.57. The van der Waals surface area contributed by atoms with Gasteiger partial charge in [-0.3, -0.25) is 0 Å². The van der Waals surface area contributed by atoms with Crippen LogP contribution < -0.4 is 15.0 Å². The van der Waals surface area contributed by atoms with Crippen molar-refractivity contribution in [2.24, 2.45) is 0 Å². The van der Waals surface area contributed by atoms with Gasteiger partial charge in [0.25, 0.3) is 0 Å². The number of nitrogens with one attached hydrogen (secondary N) is 1. The number of ether oxygens (including phenoxy) is 1. The van der Waals surface area contributed by atoms with Crippen LogP contribution in [-0.4, -0.2) is 42.4 Å². The standard InChI is InChI=1S/C21H26N4OS/c1-14-13-21(17-6-4-3-5-15(14)17)8-7-16-18(25-11-9-22-10-12-25)23-20(27-2)24-19(16)26-21/h3-6,14,22H,7-13H2,1-2H3. The third-order valence-electron chi connectivity index (χ3n) is 6.22. The summed E-state index contributed by atoms with van der Waals surface area (Å²) in [5.41, 5.74) is 3.75. The molecule has 142 valence electrons. The van der Waals surface area contributed by atoms with Gasteiger partial charge in [0.2, 0.25) is 5.88 Å². The van der Waals surface area contributed by atoms with E-state index in [0.717, 1.165) is 62.3 Å². The topological polar surface area (TPSA) is 50.3 Å². The largest absolute Gasteiger partial charge is 0.466 e. The van der Waals surface area contributed by atoms with E-state index in [1.54, 1.807) is 11.8 Å². The molecule has 1 aliphatic carbocycles. The number of hydrogen-bond donors (Lipinski definition) is 1. The van der Waals surface area contributed by atoms with Crippen LogP contribution in [-0.2, 0) is 12.0 Å². The second-order valence-corrected chi connectivity index (χ2v) is 8.62. The summed E-state index contributed by atoms with van der Waals surface area (Å²) < 4.78 is 6.74. The fourth-order valence-electron chi connectivity index (χ4n) is 4.92. The quantitative estimate of drug-likeness (QED) is 0.635. The summed E-state index contributed by atoms with van der Waals surface area (Å²) in [5.74, 6) is 2.41. The van der Waals surface area contributed by atoms with Crippen molar-refractivity contribution < 1.29 is 4.74 Å². The van der Waals surface area contributed by atoms with E-state index in [0.29, 0.717) is 5.92 Å². The van der Waals surface area contributed by atoms with Crippen LogP contribution in [0, 0.1) is 0 Å². The molecule has 1 fully saturated rings. The minimum Gasteiger partial charge on any atom is -0.466 e. The molecule has 2 atom stereocenters. The van der Waals surface area contributed by atoms with Crippen molar-refractivity contribution in [2.45, 2.75) is 42.9 Å². The fourth-order valence-corrected chi connectivity index (χ4v) is 5.27. The van der Waals surface area contributed by atoms with E-state index in [1.807, 2.05) is 6.26 Å². The summed E-state index contributed by atoms with van der Waals surface area (Å²) in [6.45, 7) is 6.29. The van der Waals surface area contributed by atoms with Crippen LogP contribution in [0.2, 0.25) is 0 Å². The van der Waals surface area contributed by atoms with Crippen LogP contribution in [0.25, 0.3) is 0 Å². The summed E-state index contributed by atoms with van der Waals surface area (Å²) in [5, 5.41) is 4.23. The molecule has 1 N–H and O–H groups in total. The molecule has 1 saturated heterocycles. The number of fused-ring (bicyclic) bond motifs is 3. The lowest BCUT2D eigenvalue weighted by Crippen LogP contribution is -2.45. The van der Waals surface area contributed by atoms with Crippen molar-refractivity contribution in [1.29, 1.82) is 0 Å². The molecule has 6 heteroatoms. The molecule has 5 nitrogen and oxygen atoms in total. The predicted octanol–water partition coefficient (Wildman–Crippen LogP) is 3.34. The van der Waals surface area contributed by atoms with E-state index < -0.39 is 0 Å². The Kier molecular flexibility index (Phi) is 4.28. The van der Waals surface area contributed by atoms with Crippen molar-refractivity contribution in [3.05, 3.63) is 41.0 Å². The van der Waals surface area contributed by atoms with Crippen molar-refractivity contribution in [2.75, 3.05) is 37.3 Å². The number of hydrogen-bond acceptors (Lipinski definition) is 6. The van der Waals surface area contributed by atoms with E-state index in [2.05, 4.69) is 41.4 Å². The highest BCUT2D eigenvalue weighted by Gasteiger charge is 2.47. The number of piperazine rings is 1. The van der Waals surface area contributed by atoms with Gasteiger partial charge in [-0.25, -0.2) is 4.98 Å². The van der Waals surface area contributed by atoms with Crippen LogP contribution >= 0.6 is 11.8 Å². The maximum Gasteiger partial charge on any atom is 0.223 e. The lowest BCUT2D eigenvalue weighted by atomic mass is 9.86. The zero-order valence-corrected chi connectivity index (χ0v) is 16.8. The molecular weight excluding hydrogens is 356 g/mol. The maximum atomic E-state index is 6.74. The van der Waals surface area contributed by atoms with E-state index in [1.165, 1.54) is 16.7 Å². The van der Waals surface area contributed by atoms with E-state index in [-0.39, 0.29) is 5.60 Å². The molecule has 0 saturated carbocycles. The van der Waals surface area contributed by atoms with Crippen LogP contribution in [0.4, 0.5) is 5.82 Å². The van der Waals surface area contributed by atoms with Crippen LogP contribution in [0.15, 0.2) is 29.4 Å². The second kappa shape index (κ2) is 6.67. The number of anilines is 1. The molecule has 0 amide bonds. The lowest BCUT2D eigenvalue weighted by Gasteiger charge is -2.38. The lowest BCUT2D eigenvalue weighted by molar-refractivity contribution is 0.0341. The summed E-state index contributed by atoms with van der Waals surface area (Å²) in [6.07, 6.45) is 5.05. The minimum atomic E-state index is -0.228. The van der Waals surface area contributed by atoms with Gasteiger partial charge in [0.05, 0.1) is 5.56 Å². The molecular formula is C21H26N4OS.